The Kier molecular flexibility index (Phi) is 17.4. The van der Waals surface area contributed by atoms with Crippen LogP contribution in [-0.2, 0) is 31.9 Å². The van der Waals surface area contributed by atoms with E-state index in [1.807, 2.05) is 24.3 Å². The molecule has 11 unspecified atom stereocenters. The van der Waals surface area contributed by atoms with Crippen molar-refractivity contribution in [2.24, 2.45) is 72.9 Å². The third-order valence-electron chi connectivity index (χ3n) is 20.0. The molecule has 8 aliphatic rings. The summed E-state index contributed by atoms with van der Waals surface area (Å²) < 4.78 is 64.9. The highest BCUT2D eigenvalue weighted by molar-refractivity contribution is 7.43. The molecule has 486 valence electrons. The van der Waals surface area contributed by atoms with E-state index in [-0.39, 0.29) is 79.0 Å². The number of fused-ring (bicyclic) bond motifs is 5. The van der Waals surface area contributed by atoms with Gasteiger partial charge < -0.3 is 27.1 Å². The van der Waals surface area contributed by atoms with Crippen LogP contribution in [0.1, 0.15) is 192 Å². The van der Waals surface area contributed by atoms with E-state index in [4.69, 9.17) is 40.7 Å². The van der Waals surface area contributed by atoms with Gasteiger partial charge >= 0.3 is 31.8 Å². The molecule has 11 rings (SSSR count). The predicted octanol–water partition coefficient (Wildman–Crippen LogP) is 23.3. The average Bonchev–Trinajstić information content (AvgIpc) is 1.24. The molecule has 0 bridgehead atoms. The Morgan fingerprint density at radius 1 is 0.556 bits per heavy atom. The topological polar surface area (TPSA) is 100 Å². The molecule has 3 aliphatic heterocycles. The minimum Gasteiger partial charge on any atom is -0.421 e. The molecule has 0 amide bonds. The first-order chi connectivity index (χ1) is 41.5. The maximum absolute atomic E-state index is 13.8. The molecule has 10 nitrogen and oxygen atoms in total. The second-order valence-electron chi connectivity index (χ2n) is 35.1. The van der Waals surface area contributed by atoms with Crippen molar-refractivity contribution < 1.29 is 45.5 Å². The number of carbonyl (C=O) groups is 1. The molecule has 3 aromatic carbocycles. The summed E-state index contributed by atoms with van der Waals surface area (Å²) in [7, 11) is -6.33. The zero-order chi connectivity index (χ0) is 65.5. The molecule has 13 heteroatoms. The van der Waals surface area contributed by atoms with Crippen LogP contribution in [0.4, 0.5) is 0 Å². The van der Waals surface area contributed by atoms with Gasteiger partial charge in [-0.05, 0) is 133 Å². The summed E-state index contributed by atoms with van der Waals surface area (Å²) in [5, 5.41) is 3.58. The van der Waals surface area contributed by atoms with Gasteiger partial charge in [0.05, 0.1) is 22.4 Å². The molecule has 3 aromatic rings. The minimum absolute atomic E-state index is 0.00865. The maximum atomic E-state index is 13.8. The van der Waals surface area contributed by atoms with Gasteiger partial charge in [-0.3, -0.25) is 13.6 Å². The van der Waals surface area contributed by atoms with E-state index >= 15 is 0 Å². The molecule has 0 saturated carbocycles. The SMILES string of the molecule is CC(C)(C)C1=CC(C(C)(C)C)C2OP(Oc3cccc4cc5cccc6c5c(c34)OP(OC3C(C4=CC(C(C)(C)C)CC(C(C)(C)C)=C4OP4OC(=O)C5=CC=CCC5O4)C=C(C(C)(C)C)CC3C(C)(C)C)O6)OC3=C(C=C(C(C)(C)C)CC3C(C)(C)C)C2=C1. The molecule has 1 fully saturated rings. The van der Waals surface area contributed by atoms with Crippen LogP contribution >= 0.6 is 25.8 Å². The summed E-state index contributed by atoms with van der Waals surface area (Å²) in [5.41, 5.74) is 7.65. The van der Waals surface area contributed by atoms with Crippen molar-refractivity contribution in [3.8, 4) is 17.2 Å². The molecular weight excluding hydrogens is 1180 g/mol. The molecular formula is C77H103O10P3. The van der Waals surface area contributed by atoms with E-state index in [0.29, 0.717) is 29.2 Å². The Hall–Kier alpha value is -4.52. The molecule has 0 radical (unpaired) electrons. The Morgan fingerprint density at radius 2 is 1.22 bits per heavy atom. The monoisotopic (exact) mass is 1280 g/mol. The van der Waals surface area contributed by atoms with Crippen molar-refractivity contribution in [1.29, 1.82) is 0 Å². The van der Waals surface area contributed by atoms with Crippen molar-refractivity contribution in [1.82, 2.24) is 0 Å². The second kappa shape index (κ2) is 23.4. The lowest BCUT2D eigenvalue weighted by Gasteiger charge is -2.48. The van der Waals surface area contributed by atoms with Crippen LogP contribution in [0.3, 0.4) is 0 Å². The van der Waals surface area contributed by atoms with Crippen LogP contribution in [0, 0.1) is 72.9 Å². The van der Waals surface area contributed by atoms with E-state index in [1.54, 1.807) is 6.08 Å². The van der Waals surface area contributed by atoms with E-state index < -0.39 is 44.0 Å². The molecule has 11 atom stereocenters. The number of allylic oxidation sites excluding steroid dienone is 11. The van der Waals surface area contributed by atoms with Gasteiger partial charge in [-0.25, -0.2) is 4.79 Å². The Morgan fingerprint density at radius 3 is 1.84 bits per heavy atom. The summed E-state index contributed by atoms with van der Waals surface area (Å²) in [5.74, 6) is 3.01. The van der Waals surface area contributed by atoms with Gasteiger partial charge in [0, 0.05) is 28.9 Å². The number of benzene rings is 3. The highest BCUT2D eigenvalue weighted by Crippen LogP contribution is 2.65. The van der Waals surface area contributed by atoms with Gasteiger partial charge in [0.15, 0.2) is 5.75 Å². The normalized spacial score (nSPS) is 28.8. The molecule has 0 spiro atoms. The second-order valence-corrected chi connectivity index (χ2v) is 38.2. The predicted molar refractivity (Wildman–Crippen MR) is 370 cm³/mol. The highest BCUT2D eigenvalue weighted by atomic mass is 31.2. The standard InChI is InChI=1S/C77H103O10P3/c1-70(2,3)46-36-51-52-37-47(71(4,5)6)41-56(75(16,17)18)65(52)83-88(82-64(51)55(40-46)74(13,14)15)80-60-33-27-29-44-35-45-30-28-34-61-63(45)68(62(44)60)86-89(81-61)84-66-53(38-48(72(7,8)9)42-57(66)76(19,20)21)54-39-49(73(10,11)12)43-58(77(22,23)24)67(54)85-90-79-59-32-26-25-31-50(59)69(78)87-90/h25-31,33-40,49,53,55-57,59,64,66H,32,41-43H2,1-24H3. The lowest BCUT2D eigenvalue weighted by molar-refractivity contribution is -0.134. The summed E-state index contributed by atoms with van der Waals surface area (Å²) in [4.78, 5) is 13.8. The van der Waals surface area contributed by atoms with Crippen molar-refractivity contribution >= 4 is 53.3 Å². The maximum Gasteiger partial charge on any atom is 0.466 e. The fraction of sp³-hybridized carbons (Fsp3) is 0.571. The van der Waals surface area contributed by atoms with Crippen LogP contribution in [0.15, 0.2) is 147 Å². The highest BCUT2D eigenvalue weighted by Gasteiger charge is 2.52. The Balaban J connectivity index is 1.03. The molecule has 0 N–H and O–H groups in total. The first-order valence-corrected chi connectivity index (χ1v) is 36.3. The average molecular weight is 1280 g/mol. The summed E-state index contributed by atoms with van der Waals surface area (Å²) >= 11 is 0. The molecule has 1 saturated heterocycles. The Bertz CT molecular complexity index is 3660. The van der Waals surface area contributed by atoms with Gasteiger partial charge in [0.25, 0.3) is 0 Å². The van der Waals surface area contributed by atoms with Gasteiger partial charge in [0.2, 0.25) is 0 Å². The lowest BCUT2D eigenvalue weighted by atomic mass is 9.61. The number of hydrogen-bond donors (Lipinski definition) is 0. The third-order valence-corrected chi connectivity index (χ3v) is 23.3. The quantitative estimate of drug-likeness (QED) is 0.129. The zero-order valence-corrected chi connectivity index (χ0v) is 61.2. The van der Waals surface area contributed by atoms with Gasteiger partial charge in [-0.2, -0.15) is 0 Å². The van der Waals surface area contributed by atoms with E-state index in [2.05, 4.69) is 227 Å². The smallest absolute Gasteiger partial charge is 0.421 e. The largest absolute Gasteiger partial charge is 0.466 e. The van der Waals surface area contributed by atoms with Crippen molar-refractivity contribution in [3.63, 3.8) is 0 Å². The van der Waals surface area contributed by atoms with Crippen molar-refractivity contribution in [2.45, 2.75) is 210 Å². The number of carbonyl (C=O) groups excluding carboxylic acids is 1. The lowest BCUT2D eigenvalue weighted by Crippen LogP contribution is -2.44. The fourth-order valence-electron chi connectivity index (χ4n) is 14.1. The fourth-order valence-corrected chi connectivity index (χ4v) is 17.7. The van der Waals surface area contributed by atoms with Gasteiger partial charge in [-0.15, -0.1) is 0 Å². The van der Waals surface area contributed by atoms with Gasteiger partial charge in [0.1, 0.15) is 35.2 Å². The van der Waals surface area contributed by atoms with Crippen LogP contribution in [0.2, 0.25) is 0 Å². The third kappa shape index (κ3) is 13.3. The molecule has 5 aliphatic carbocycles. The van der Waals surface area contributed by atoms with Crippen LogP contribution in [0.5, 0.6) is 17.2 Å². The summed E-state index contributed by atoms with van der Waals surface area (Å²) in [6, 6.07) is 14.6. The molecule has 0 aromatic heterocycles. The Labute approximate surface area is 543 Å². The number of hydrogen-bond acceptors (Lipinski definition) is 10. The summed E-state index contributed by atoms with van der Waals surface area (Å²) in [6.07, 6.45) is 19.6. The first kappa shape index (κ1) is 66.9. The molecule has 90 heavy (non-hydrogen) atoms. The minimum atomic E-state index is -2.14. The van der Waals surface area contributed by atoms with Crippen LogP contribution in [-0.4, -0.2) is 24.3 Å². The van der Waals surface area contributed by atoms with E-state index in [9.17, 15) is 4.79 Å². The van der Waals surface area contributed by atoms with Crippen LogP contribution < -0.4 is 13.6 Å². The molecule has 3 heterocycles. The van der Waals surface area contributed by atoms with E-state index in [1.165, 1.54) is 16.7 Å². The number of rotatable bonds is 7. The zero-order valence-electron chi connectivity index (χ0n) is 58.5. The summed E-state index contributed by atoms with van der Waals surface area (Å²) in [6.45, 7) is 55.6. The van der Waals surface area contributed by atoms with E-state index in [0.717, 1.165) is 74.6 Å². The van der Waals surface area contributed by atoms with Crippen molar-refractivity contribution in [3.05, 3.63) is 147 Å². The van der Waals surface area contributed by atoms with Gasteiger partial charge in [-0.1, -0.05) is 244 Å². The van der Waals surface area contributed by atoms with Crippen LogP contribution in [0.25, 0.3) is 21.5 Å². The van der Waals surface area contributed by atoms with Crippen molar-refractivity contribution in [2.75, 3.05) is 0 Å². The first-order valence-electron chi connectivity index (χ1n) is 33.0.